The minimum Gasteiger partial charge on any atom is -0.457 e. The van der Waals surface area contributed by atoms with E-state index < -0.39 is 0 Å². The summed E-state index contributed by atoms with van der Waals surface area (Å²) in [6.45, 7) is 5.22. The first-order valence-electron chi connectivity index (χ1n) is 9.64. The largest absolute Gasteiger partial charge is 0.457 e. The van der Waals surface area contributed by atoms with Crippen LogP contribution >= 0.6 is 0 Å². The number of rotatable bonds is 7. The van der Waals surface area contributed by atoms with Gasteiger partial charge >= 0.3 is 0 Å². The predicted molar refractivity (Wildman–Crippen MR) is 115 cm³/mol. The van der Waals surface area contributed by atoms with Crippen LogP contribution in [0.2, 0.25) is 0 Å². The van der Waals surface area contributed by atoms with Gasteiger partial charge in [-0.15, -0.1) is 0 Å². The molecule has 29 heavy (non-hydrogen) atoms. The molecule has 0 aliphatic carbocycles. The second-order valence-electron chi connectivity index (χ2n) is 6.45. The summed E-state index contributed by atoms with van der Waals surface area (Å²) in [5, 5.41) is 2.85. The third-order valence-electron chi connectivity index (χ3n) is 4.52. The number of hydrogen-bond donors (Lipinski definition) is 1. The van der Waals surface area contributed by atoms with Crippen molar-refractivity contribution in [1.29, 1.82) is 0 Å². The van der Waals surface area contributed by atoms with Crippen LogP contribution in [0.1, 0.15) is 34.6 Å². The van der Waals surface area contributed by atoms with E-state index in [9.17, 15) is 9.59 Å². The van der Waals surface area contributed by atoms with Gasteiger partial charge in [-0.2, -0.15) is 0 Å². The molecule has 0 unspecified atom stereocenters. The zero-order chi connectivity index (χ0) is 20.6. The molecule has 3 aromatic rings. The number of para-hydroxylation sites is 1. The van der Waals surface area contributed by atoms with Crippen LogP contribution in [-0.4, -0.2) is 29.8 Å². The van der Waals surface area contributed by atoms with Gasteiger partial charge in [0.15, 0.2) is 0 Å². The predicted octanol–water partition coefficient (Wildman–Crippen LogP) is 5.21. The van der Waals surface area contributed by atoms with Crippen LogP contribution in [0.3, 0.4) is 0 Å². The SMILES string of the molecule is CCN(CC)C(=O)c1ccc(NC(=O)c2cccc(Oc3ccccc3)c2)cc1. The highest BCUT2D eigenvalue weighted by Crippen LogP contribution is 2.22. The summed E-state index contributed by atoms with van der Waals surface area (Å²) in [7, 11) is 0. The minimum atomic E-state index is -0.244. The van der Waals surface area contributed by atoms with Crippen LogP contribution in [0, 0.1) is 0 Å². The molecule has 0 heterocycles. The summed E-state index contributed by atoms with van der Waals surface area (Å²) in [4.78, 5) is 26.7. The quantitative estimate of drug-likeness (QED) is 0.604. The Bertz CT molecular complexity index is 965. The lowest BCUT2D eigenvalue weighted by atomic mass is 10.1. The van der Waals surface area contributed by atoms with Gasteiger partial charge < -0.3 is 15.0 Å². The van der Waals surface area contributed by atoms with Gasteiger partial charge in [-0.25, -0.2) is 0 Å². The van der Waals surface area contributed by atoms with Gasteiger partial charge in [0.05, 0.1) is 0 Å². The average molecular weight is 388 g/mol. The van der Waals surface area contributed by atoms with Crippen molar-refractivity contribution in [3.05, 3.63) is 90.0 Å². The molecule has 0 spiro atoms. The summed E-state index contributed by atoms with van der Waals surface area (Å²) in [5.41, 5.74) is 1.71. The van der Waals surface area contributed by atoms with E-state index in [1.54, 1.807) is 53.4 Å². The number of benzene rings is 3. The average Bonchev–Trinajstić information content (AvgIpc) is 2.76. The fraction of sp³-hybridized carbons (Fsp3) is 0.167. The summed E-state index contributed by atoms with van der Waals surface area (Å²) in [5.74, 6) is 1.03. The molecule has 0 fully saturated rings. The van der Waals surface area contributed by atoms with Crippen molar-refractivity contribution in [2.45, 2.75) is 13.8 Å². The van der Waals surface area contributed by atoms with E-state index >= 15 is 0 Å². The Balaban J connectivity index is 1.67. The second kappa shape index (κ2) is 9.55. The standard InChI is InChI=1S/C24H24N2O3/c1-3-26(4-2)24(28)18-13-15-20(16-14-18)25-23(27)19-9-8-12-22(17-19)29-21-10-6-5-7-11-21/h5-17H,3-4H2,1-2H3,(H,25,27). The first-order valence-corrected chi connectivity index (χ1v) is 9.64. The molecule has 0 saturated heterocycles. The Morgan fingerprint density at radius 3 is 2.10 bits per heavy atom. The lowest BCUT2D eigenvalue weighted by molar-refractivity contribution is 0.0773. The molecular weight excluding hydrogens is 364 g/mol. The molecule has 5 heteroatoms. The van der Waals surface area contributed by atoms with Crippen LogP contribution in [0.15, 0.2) is 78.9 Å². The fourth-order valence-electron chi connectivity index (χ4n) is 2.92. The van der Waals surface area contributed by atoms with E-state index in [2.05, 4.69) is 5.32 Å². The number of ether oxygens (including phenoxy) is 1. The summed E-state index contributed by atoms with van der Waals surface area (Å²) in [6, 6.07) is 23.3. The number of carbonyl (C=O) groups is 2. The fourth-order valence-corrected chi connectivity index (χ4v) is 2.92. The first-order chi connectivity index (χ1) is 14.1. The summed E-state index contributed by atoms with van der Waals surface area (Å²) < 4.78 is 5.78. The van der Waals surface area contributed by atoms with Gasteiger partial charge in [0.1, 0.15) is 11.5 Å². The molecule has 0 atom stereocenters. The third kappa shape index (κ3) is 5.23. The van der Waals surface area contributed by atoms with Gasteiger partial charge in [-0.1, -0.05) is 24.3 Å². The van der Waals surface area contributed by atoms with E-state index in [-0.39, 0.29) is 11.8 Å². The van der Waals surface area contributed by atoms with E-state index in [1.165, 1.54) is 0 Å². The van der Waals surface area contributed by atoms with Gasteiger partial charge in [0, 0.05) is 29.9 Å². The van der Waals surface area contributed by atoms with Crippen molar-refractivity contribution < 1.29 is 14.3 Å². The molecule has 0 aliphatic rings. The van der Waals surface area contributed by atoms with Crippen LogP contribution in [-0.2, 0) is 0 Å². The van der Waals surface area contributed by atoms with Crippen LogP contribution in [0.25, 0.3) is 0 Å². The van der Waals surface area contributed by atoms with E-state index in [0.717, 1.165) is 0 Å². The maximum atomic E-state index is 12.6. The smallest absolute Gasteiger partial charge is 0.255 e. The van der Waals surface area contributed by atoms with Crippen molar-refractivity contribution in [1.82, 2.24) is 4.90 Å². The van der Waals surface area contributed by atoms with Crippen LogP contribution < -0.4 is 10.1 Å². The molecule has 2 amide bonds. The van der Waals surface area contributed by atoms with E-state index in [4.69, 9.17) is 4.74 Å². The Morgan fingerprint density at radius 2 is 1.45 bits per heavy atom. The van der Waals surface area contributed by atoms with Crippen molar-refractivity contribution in [2.75, 3.05) is 18.4 Å². The maximum Gasteiger partial charge on any atom is 0.255 e. The Kier molecular flexibility index (Phi) is 6.63. The molecule has 0 aromatic heterocycles. The monoisotopic (exact) mass is 388 g/mol. The lowest BCUT2D eigenvalue weighted by Gasteiger charge is -2.18. The molecule has 3 rings (SSSR count). The zero-order valence-corrected chi connectivity index (χ0v) is 16.6. The highest BCUT2D eigenvalue weighted by Gasteiger charge is 2.13. The molecule has 148 valence electrons. The first kappa shape index (κ1) is 20.1. The highest BCUT2D eigenvalue weighted by atomic mass is 16.5. The van der Waals surface area contributed by atoms with Crippen molar-refractivity contribution in [3.8, 4) is 11.5 Å². The molecule has 3 aromatic carbocycles. The normalized spacial score (nSPS) is 10.3. The highest BCUT2D eigenvalue weighted by molar-refractivity contribution is 6.04. The number of carbonyl (C=O) groups excluding carboxylic acids is 2. The Morgan fingerprint density at radius 1 is 0.793 bits per heavy atom. The number of amides is 2. The molecule has 1 N–H and O–H groups in total. The molecule has 0 saturated carbocycles. The molecule has 0 bridgehead atoms. The minimum absolute atomic E-state index is 0.0151. The molecular formula is C24H24N2O3. The number of hydrogen-bond acceptors (Lipinski definition) is 3. The number of nitrogens with zero attached hydrogens (tertiary/aromatic N) is 1. The van der Waals surface area contributed by atoms with E-state index in [1.807, 2.05) is 44.2 Å². The molecule has 5 nitrogen and oxygen atoms in total. The van der Waals surface area contributed by atoms with Crippen molar-refractivity contribution >= 4 is 17.5 Å². The molecule has 0 aliphatic heterocycles. The van der Waals surface area contributed by atoms with Gasteiger partial charge in [-0.05, 0) is 68.4 Å². The number of anilines is 1. The number of nitrogens with one attached hydrogen (secondary N) is 1. The van der Waals surface area contributed by atoms with Gasteiger partial charge in [0.2, 0.25) is 0 Å². The van der Waals surface area contributed by atoms with Gasteiger partial charge in [0.25, 0.3) is 11.8 Å². The third-order valence-corrected chi connectivity index (χ3v) is 4.52. The lowest BCUT2D eigenvalue weighted by Crippen LogP contribution is -2.30. The molecule has 0 radical (unpaired) electrons. The summed E-state index contributed by atoms with van der Waals surface area (Å²) in [6.07, 6.45) is 0. The topological polar surface area (TPSA) is 58.6 Å². The Hall–Kier alpha value is -3.60. The van der Waals surface area contributed by atoms with E-state index in [0.29, 0.717) is 41.4 Å². The maximum absolute atomic E-state index is 12.6. The van der Waals surface area contributed by atoms with Crippen molar-refractivity contribution in [3.63, 3.8) is 0 Å². The Labute approximate surface area is 170 Å². The summed E-state index contributed by atoms with van der Waals surface area (Å²) >= 11 is 0. The second-order valence-corrected chi connectivity index (χ2v) is 6.45. The van der Waals surface area contributed by atoms with Crippen LogP contribution in [0.5, 0.6) is 11.5 Å². The van der Waals surface area contributed by atoms with Crippen LogP contribution in [0.4, 0.5) is 5.69 Å². The zero-order valence-electron chi connectivity index (χ0n) is 16.6. The van der Waals surface area contributed by atoms with Crippen molar-refractivity contribution in [2.24, 2.45) is 0 Å². The van der Waals surface area contributed by atoms with Gasteiger partial charge in [-0.3, -0.25) is 9.59 Å².